The minimum atomic E-state index is -1.29. The van der Waals surface area contributed by atoms with E-state index in [1.165, 1.54) is 0 Å². The third kappa shape index (κ3) is 2.91. The van der Waals surface area contributed by atoms with Gasteiger partial charge < -0.3 is 14.8 Å². The van der Waals surface area contributed by atoms with Crippen molar-refractivity contribution in [1.82, 2.24) is 4.98 Å². The van der Waals surface area contributed by atoms with Gasteiger partial charge in [-0.3, -0.25) is 10.1 Å². The van der Waals surface area contributed by atoms with Crippen molar-refractivity contribution in [1.29, 1.82) is 0 Å². The fourth-order valence-corrected chi connectivity index (χ4v) is 1.61. The summed E-state index contributed by atoms with van der Waals surface area (Å²) in [5, 5.41) is 22.4. The van der Waals surface area contributed by atoms with E-state index in [0.29, 0.717) is 5.76 Å². The number of hydrogen-bond acceptors (Lipinski definition) is 6. The summed E-state index contributed by atoms with van der Waals surface area (Å²) in [6.07, 6.45) is 1.00. The topological polar surface area (TPSA) is 118 Å². The number of aromatic nitrogens is 1. The van der Waals surface area contributed by atoms with E-state index in [1.807, 2.05) is 0 Å². The lowest BCUT2D eigenvalue weighted by Crippen LogP contribution is -2.08. The van der Waals surface area contributed by atoms with Gasteiger partial charge in [0.25, 0.3) is 5.69 Å². The zero-order chi connectivity index (χ0) is 14.7. The number of hydrogen-bond donors (Lipinski definition) is 2. The molecule has 104 valence electrons. The second-order valence-electron chi connectivity index (χ2n) is 4.02. The number of furan rings is 1. The molecule has 0 spiro atoms. The molecule has 2 aromatic rings. The highest BCUT2D eigenvalue weighted by Crippen LogP contribution is 2.20. The number of nitro groups is 1. The van der Waals surface area contributed by atoms with E-state index in [-0.39, 0.29) is 23.6 Å². The van der Waals surface area contributed by atoms with E-state index in [2.05, 4.69) is 10.3 Å². The lowest BCUT2D eigenvalue weighted by Gasteiger charge is -2.06. The highest BCUT2D eigenvalue weighted by atomic mass is 16.6. The summed E-state index contributed by atoms with van der Waals surface area (Å²) in [5.74, 6) is 0.104. The van der Waals surface area contributed by atoms with Gasteiger partial charge in [-0.1, -0.05) is 0 Å². The Balaban J connectivity index is 2.22. The summed E-state index contributed by atoms with van der Waals surface area (Å²) in [6.45, 7) is 2.02. The molecule has 2 heterocycles. The highest BCUT2D eigenvalue weighted by Gasteiger charge is 2.17. The van der Waals surface area contributed by atoms with Gasteiger partial charge in [0.15, 0.2) is 0 Å². The Kier molecular flexibility index (Phi) is 3.65. The Morgan fingerprint density at radius 1 is 1.55 bits per heavy atom. The van der Waals surface area contributed by atoms with Gasteiger partial charge in [-0.25, -0.2) is 9.78 Å². The third-order valence-corrected chi connectivity index (χ3v) is 2.54. The van der Waals surface area contributed by atoms with Crippen molar-refractivity contribution in [2.75, 3.05) is 5.32 Å². The molecule has 0 atom stereocenters. The van der Waals surface area contributed by atoms with Crippen LogP contribution in [0.15, 0.2) is 28.8 Å². The predicted octanol–water partition coefficient (Wildman–Crippen LogP) is 2.20. The number of carbonyl (C=O) groups is 1. The lowest BCUT2D eigenvalue weighted by atomic mass is 10.2. The Bertz CT molecular complexity index is 665. The van der Waals surface area contributed by atoms with E-state index in [9.17, 15) is 14.9 Å². The number of pyridine rings is 1. The first kappa shape index (κ1) is 13.5. The largest absolute Gasteiger partial charge is 0.478 e. The number of aromatic carboxylic acids is 1. The van der Waals surface area contributed by atoms with Crippen LogP contribution < -0.4 is 5.32 Å². The molecule has 0 amide bonds. The molecule has 8 heteroatoms. The maximum Gasteiger partial charge on any atom is 0.339 e. The van der Waals surface area contributed by atoms with Crippen LogP contribution in [0.2, 0.25) is 0 Å². The highest BCUT2D eigenvalue weighted by molar-refractivity contribution is 5.93. The maximum absolute atomic E-state index is 11.1. The number of aryl methyl sites for hydroxylation is 1. The molecule has 0 unspecified atom stereocenters. The molecule has 0 fully saturated rings. The number of rotatable bonds is 5. The molecule has 0 radical (unpaired) electrons. The standard InChI is InChI=1S/C12H11N3O5/c1-7-2-3-9(20-7)6-14-11-10(12(16)17)4-8(5-13-11)15(18)19/h2-5H,6H2,1H3,(H,13,14)(H,16,17). The Morgan fingerprint density at radius 2 is 2.30 bits per heavy atom. The van der Waals surface area contributed by atoms with Crippen LogP contribution in [0, 0.1) is 17.0 Å². The van der Waals surface area contributed by atoms with Gasteiger partial charge in [0.2, 0.25) is 0 Å². The second-order valence-corrected chi connectivity index (χ2v) is 4.02. The van der Waals surface area contributed by atoms with Crippen LogP contribution in [0.5, 0.6) is 0 Å². The Hall–Kier alpha value is -2.90. The number of carboxylic acid groups (broad SMARTS) is 1. The zero-order valence-corrected chi connectivity index (χ0v) is 10.5. The quantitative estimate of drug-likeness (QED) is 0.635. The normalized spacial score (nSPS) is 10.2. The summed E-state index contributed by atoms with van der Waals surface area (Å²) in [4.78, 5) is 24.8. The van der Waals surface area contributed by atoms with Crippen LogP contribution in [0.4, 0.5) is 11.5 Å². The van der Waals surface area contributed by atoms with Crippen LogP contribution in [0.25, 0.3) is 0 Å². The molecule has 0 bridgehead atoms. The Morgan fingerprint density at radius 3 is 2.85 bits per heavy atom. The molecular formula is C12H11N3O5. The summed E-state index contributed by atoms with van der Waals surface area (Å²) in [6, 6.07) is 4.48. The SMILES string of the molecule is Cc1ccc(CNc2ncc([N+](=O)[O-])cc2C(=O)O)o1. The van der Waals surface area contributed by atoms with Crippen molar-refractivity contribution >= 4 is 17.5 Å². The monoisotopic (exact) mass is 277 g/mol. The molecule has 0 aliphatic carbocycles. The van der Waals surface area contributed by atoms with Crippen LogP contribution in [0.3, 0.4) is 0 Å². The molecule has 20 heavy (non-hydrogen) atoms. The maximum atomic E-state index is 11.1. The van der Waals surface area contributed by atoms with E-state index < -0.39 is 10.9 Å². The first-order valence-corrected chi connectivity index (χ1v) is 5.64. The molecular weight excluding hydrogens is 266 g/mol. The van der Waals surface area contributed by atoms with Gasteiger partial charge in [-0.2, -0.15) is 0 Å². The van der Waals surface area contributed by atoms with Crippen molar-refractivity contribution in [3.05, 3.63) is 51.6 Å². The molecule has 0 saturated heterocycles. The summed E-state index contributed by atoms with van der Waals surface area (Å²) >= 11 is 0. The van der Waals surface area contributed by atoms with Gasteiger partial charge in [-0.05, 0) is 19.1 Å². The average Bonchev–Trinajstić information content (AvgIpc) is 2.81. The van der Waals surface area contributed by atoms with Crippen LogP contribution >= 0.6 is 0 Å². The Labute approximate surface area is 113 Å². The van der Waals surface area contributed by atoms with Crippen molar-refractivity contribution in [2.24, 2.45) is 0 Å². The minimum Gasteiger partial charge on any atom is -0.478 e. The van der Waals surface area contributed by atoms with Gasteiger partial charge in [0.1, 0.15) is 29.1 Å². The van der Waals surface area contributed by atoms with Gasteiger partial charge in [0.05, 0.1) is 11.5 Å². The third-order valence-electron chi connectivity index (χ3n) is 2.54. The first-order valence-electron chi connectivity index (χ1n) is 5.64. The summed E-state index contributed by atoms with van der Waals surface area (Å²) in [7, 11) is 0. The minimum absolute atomic E-state index is 0.0529. The van der Waals surface area contributed by atoms with Crippen LogP contribution in [-0.2, 0) is 6.54 Å². The number of nitrogens with one attached hydrogen (secondary N) is 1. The van der Waals surface area contributed by atoms with Crippen LogP contribution in [0.1, 0.15) is 21.9 Å². The molecule has 2 rings (SSSR count). The fourth-order valence-electron chi connectivity index (χ4n) is 1.61. The second kappa shape index (κ2) is 5.39. The number of nitrogens with zero attached hydrogens (tertiary/aromatic N) is 2. The fraction of sp³-hybridized carbons (Fsp3) is 0.167. The first-order chi connectivity index (χ1) is 9.47. The molecule has 2 N–H and O–H groups in total. The van der Waals surface area contributed by atoms with E-state index >= 15 is 0 Å². The molecule has 8 nitrogen and oxygen atoms in total. The lowest BCUT2D eigenvalue weighted by molar-refractivity contribution is -0.385. The van der Waals surface area contributed by atoms with Crippen molar-refractivity contribution < 1.29 is 19.2 Å². The summed E-state index contributed by atoms with van der Waals surface area (Å²) < 4.78 is 5.32. The molecule has 0 aliphatic rings. The molecule has 0 aromatic carbocycles. The van der Waals surface area contributed by atoms with Gasteiger partial charge >= 0.3 is 5.97 Å². The van der Waals surface area contributed by atoms with Gasteiger partial charge in [0, 0.05) is 6.07 Å². The zero-order valence-electron chi connectivity index (χ0n) is 10.5. The van der Waals surface area contributed by atoms with Crippen molar-refractivity contribution in [3.8, 4) is 0 Å². The van der Waals surface area contributed by atoms with Crippen molar-refractivity contribution in [3.63, 3.8) is 0 Å². The molecule has 2 aromatic heterocycles. The smallest absolute Gasteiger partial charge is 0.339 e. The van der Waals surface area contributed by atoms with E-state index in [4.69, 9.17) is 9.52 Å². The predicted molar refractivity (Wildman–Crippen MR) is 68.6 cm³/mol. The van der Waals surface area contributed by atoms with E-state index in [1.54, 1.807) is 19.1 Å². The summed E-state index contributed by atoms with van der Waals surface area (Å²) in [5.41, 5.74) is -0.635. The average molecular weight is 277 g/mol. The molecule has 0 saturated carbocycles. The van der Waals surface area contributed by atoms with Crippen LogP contribution in [-0.4, -0.2) is 21.0 Å². The number of anilines is 1. The number of carboxylic acids is 1. The van der Waals surface area contributed by atoms with Gasteiger partial charge in [-0.15, -0.1) is 0 Å². The van der Waals surface area contributed by atoms with Crippen molar-refractivity contribution in [2.45, 2.75) is 13.5 Å². The molecule has 0 aliphatic heterocycles. The van der Waals surface area contributed by atoms with E-state index in [0.717, 1.165) is 18.0 Å².